The van der Waals surface area contributed by atoms with E-state index in [0.717, 1.165) is 12.8 Å². The maximum absolute atomic E-state index is 11.7. The highest BCUT2D eigenvalue weighted by molar-refractivity contribution is 5.76. The molecule has 0 aromatic carbocycles. The van der Waals surface area contributed by atoms with Crippen LogP contribution in [0.15, 0.2) is 18.7 Å². The summed E-state index contributed by atoms with van der Waals surface area (Å²) in [5.41, 5.74) is 0. The second-order valence-corrected chi connectivity index (χ2v) is 4.31. The van der Waals surface area contributed by atoms with Crippen molar-refractivity contribution < 1.29 is 9.90 Å². The molecule has 1 amide bonds. The molecule has 0 fully saturated rings. The topological polar surface area (TPSA) is 67.2 Å². The van der Waals surface area contributed by atoms with Gasteiger partial charge < -0.3 is 15.0 Å². The number of nitrogens with zero attached hydrogens (tertiary/aromatic N) is 2. The molecule has 1 unspecified atom stereocenters. The minimum absolute atomic E-state index is 0.0296. The van der Waals surface area contributed by atoms with Gasteiger partial charge in [0.25, 0.3) is 0 Å². The molecule has 0 saturated heterocycles. The number of aliphatic hydroxyl groups is 1. The Morgan fingerprint density at radius 2 is 2.35 bits per heavy atom. The summed E-state index contributed by atoms with van der Waals surface area (Å²) in [4.78, 5) is 15.7. The normalized spacial score (nSPS) is 14.3. The first kappa shape index (κ1) is 13.7. The van der Waals surface area contributed by atoms with E-state index in [2.05, 4.69) is 17.2 Å². The molecule has 0 spiro atoms. The third-order valence-electron chi connectivity index (χ3n) is 2.58. The summed E-state index contributed by atoms with van der Waals surface area (Å²) in [5.74, 6) is -0.0296. The van der Waals surface area contributed by atoms with Gasteiger partial charge in [0, 0.05) is 31.4 Å². The molecule has 5 nitrogen and oxygen atoms in total. The number of hydrogen-bond donors (Lipinski definition) is 2. The number of rotatable bonds is 7. The number of carbonyl (C=O) groups is 1. The zero-order valence-electron chi connectivity index (χ0n) is 10.5. The van der Waals surface area contributed by atoms with Crippen molar-refractivity contribution in [2.24, 2.45) is 0 Å². The van der Waals surface area contributed by atoms with Crippen LogP contribution >= 0.6 is 0 Å². The SMILES string of the molecule is CCCC(CC(=O)NC[C@@H](C)O)n1ccnc1. The number of carbonyl (C=O) groups excluding carboxylic acids is 1. The van der Waals surface area contributed by atoms with Crippen molar-refractivity contribution in [3.8, 4) is 0 Å². The number of aliphatic hydroxyl groups excluding tert-OH is 1. The molecule has 1 heterocycles. The van der Waals surface area contributed by atoms with Gasteiger partial charge in [0.15, 0.2) is 0 Å². The van der Waals surface area contributed by atoms with Crippen LogP contribution in [-0.4, -0.2) is 33.2 Å². The summed E-state index contributed by atoms with van der Waals surface area (Å²) < 4.78 is 1.96. The molecular formula is C12H21N3O2. The summed E-state index contributed by atoms with van der Waals surface area (Å²) in [6, 6.07) is 0.150. The molecule has 0 bridgehead atoms. The molecule has 0 radical (unpaired) electrons. The summed E-state index contributed by atoms with van der Waals surface area (Å²) in [7, 11) is 0. The van der Waals surface area contributed by atoms with Gasteiger partial charge in [-0.25, -0.2) is 4.98 Å². The van der Waals surface area contributed by atoms with Crippen LogP contribution < -0.4 is 5.32 Å². The summed E-state index contributed by atoms with van der Waals surface area (Å²) in [5, 5.41) is 11.8. The van der Waals surface area contributed by atoms with E-state index in [4.69, 9.17) is 5.11 Å². The maximum atomic E-state index is 11.7. The minimum atomic E-state index is -0.503. The minimum Gasteiger partial charge on any atom is -0.392 e. The van der Waals surface area contributed by atoms with E-state index in [0.29, 0.717) is 13.0 Å². The van der Waals surface area contributed by atoms with Gasteiger partial charge in [0.1, 0.15) is 0 Å². The monoisotopic (exact) mass is 239 g/mol. The van der Waals surface area contributed by atoms with Crippen LogP contribution in [0.4, 0.5) is 0 Å². The molecule has 0 aliphatic carbocycles. The van der Waals surface area contributed by atoms with Crippen molar-refractivity contribution in [1.82, 2.24) is 14.9 Å². The van der Waals surface area contributed by atoms with Crippen molar-refractivity contribution in [2.45, 2.75) is 45.3 Å². The van der Waals surface area contributed by atoms with Gasteiger partial charge in [-0.3, -0.25) is 4.79 Å². The Hall–Kier alpha value is -1.36. The molecule has 17 heavy (non-hydrogen) atoms. The lowest BCUT2D eigenvalue weighted by Gasteiger charge is -2.17. The average molecular weight is 239 g/mol. The highest BCUT2D eigenvalue weighted by Gasteiger charge is 2.14. The van der Waals surface area contributed by atoms with E-state index in [1.807, 2.05) is 10.8 Å². The largest absolute Gasteiger partial charge is 0.392 e. The van der Waals surface area contributed by atoms with E-state index in [9.17, 15) is 4.79 Å². The van der Waals surface area contributed by atoms with E-state index < -0.39 is 6.10 Å². The van der Waals surface area contributed by atoms with Crippen LogP contribution in [0.1, 0.15) is 39.2 Å². The predicted octanol–water partition coefficient (Wildman–Crippen LogP) is 1.11. The molecule has 0 aliphatic rings. The third kappa shape index (κ3) is 4.99. The molecule has 0 aliphatic heterocycles. The Bertz CT molecular complexity index is 323. The van der Waals surface area contributed by atoms with Crippen LogP contribution in [0.3, 0.4) is 0 Å². The fourth-order valence-electron chi connectivity index (χ4n) is 1.72. The number of nitrogens with one attached hydrogen (secondary N) is 1. The number of hydrogen-bond acceptors (Lipinski definition) is 3. The number of imidazole rings is 1. The molecule has 1 rings (SSSR count). The van der Waals surface area contributed by atoms with Crippen LogP contribution in [-0.2, 0) is 4.79 Å². The predicted molar refractivity (Wildman–Crippen MR) is 65.5 cm³/mol. The van der Waals surface area contributed by atoms with Crippen molar-refractivity contribution in [3.63, 3.8) is 0 Å². The zero-order chi connectivity index (χ0) is 12.7. The Morgan fingerprint density at radius 1 is 1.59 bits per heavy atom. The van der Waals surface area contributed by atoms with E-state index in [1.54, 1.807) is 19.4 Å². The molecule has 0 saturated carbocycles. The molecular weight excluding hydrogens is 218 g/mol. The van der Waals surface area contributed by atoms with Gasteiger partial charge in [-0.2, -0.15) is 0 Å². The Morgan fingerprint density at radius 3 is 2.88 bits per heavy atom. The van der Waals surface area contributed by atoms with Crippen LogP contribution in [0.2, 0.25) is 0 Å². The highest BCUT2D eigenvalue weighted by atomic mass is 16.3. The first-order valence-electron chi connectivity index (χ1n) is 6.05. The second kappa shape index (κ2) is 7.06. The lowest BCUT2D eigenvalue weighted by molar-refractivity contribution is -0.122. The van der Waals surface area contributed by atoms with Crippen LogP contribution in [0, 0.1) is 0 Å². The molecule has 1 aromatic rings. The van der Waals surface area contributed by atoms with E-state index in [-0.39, 0.29) is 11.9 Å². The first-order valence-corrected chi connectivity index (χ1v) is 6.05. The molecule has 1 aromatic heterocycles. The molecule has 2 atom stereocenters. The van der Waals surface area contributed by atoms with E-state index >= 15 is 0 Å². The van der Waals surface area contributed by atoms with Crippen LogP contribution in [0.5, 0.6) is 0 Å². The van der Waals surface area contributed by atoms with Gasteiger partial charge in [0.2, 0.25) is 5.91 Å². The zero-order valence-corrected chi connectivity index (χ0v) is 10.5. The lowest BCUT2D eigenvalue weighted by Crippen LogP contribution is -2.32. The maximum Gasteiger partial charge on any atom is 0.222 e. The average Bonchev–Trinajstić information content (AvgIpc) is 2.79. The van der Waals surface area contributed by atoms with Gasteiger partial charge >= 0.3 is 0 Å². The van der Waals surface area contributed by atoms with Gasteiger partial charge in [-0.05, 0) is 13.3 Å². The van der Waals surface area contributed by atoms with Crippen molar-refractivity contribution in [2.75, 3.05) is 6.54 Å². The molecule has 96 valence electrons. The molecule has 5 heteroatoms. The Labute approximate surface area is 102 Å². The third-order valence-corrected chi connectivity index (χ3v) is 2.58. The van der Waals surface area contributed by atoms with E-state index in [1.165, 1.54) is 0 Å². The van der Waals surface area contributed by atoms with Gasteiger partial charge in [-0.1, -0.05) is 13.3 Å². The smallest absolute Gasteiger partial charge is 0.222 e. The van der Waals surface area contributed by atoms with Crippen LogP contribution in [0.25, 0.3) is 0 Å². The van der Waals surface area contributed by atoms with Gasteiger partial charge in [-0.15, -0.1) is 0 Å². The standard InChI is InChI=1S/C12H21N3O2/c1-3-4-11(15-6-5-13-9-15)7-12(17)14-8-10(2)16/h5-6,9-11,16H,3-4,7-8H2,1-2H3,(H,14,17)/t10-,11?/m1/s1. The highest BCUT2D eigenvalue weighted by Crippen LogP contribution is 2.17. The second-order valence-electron chi connectivity index (χ2n) is 4.31. The quantitative estimate of drug-likeness (QED) is 0.749. The Balaban J connectivity index is 2.47. The van der Waals surface area contributed by atoms with Crippen molar-refractivity contribution in [3.05, 3.63) is 18.7 Å². The van der Waals surface area contributed by atoms with Crippen molar-refractivity contribution in [1.29, 1.82) is 0 Å². The Kier molecular flexibility index (Phi) is 5.69. The number of aromatic nitrogens is 2. The number of amides is 1. The lowest BCUT2D eigenvalue weighted by atomic mass is 10.1. The van der Waals surface area contributed by atoms with Gasteiger partial charge in [0.05, 0.1) is 12.4 Å². The van der Waals surface area contributed by atoms with Crippen molar-refractivity contribution >= 4 is 5.91 Å². The molecule has 2 N–H and O–H groups in total. The summed E-state index contributed by atoms with van der Waals surface area (Å²) in [6.07, 6.45) is 7.22. The first-order chi connectivity index (χ1) is 8.13. The fraction of sp³-hybridized carbons (Fsp3) is 0.667. The summed E-state index contributed by atoms with van der Waals surface area (Å²) in [6.45, 7) is 4.05. The summed E-state index contributed by atoms with van der Waals surface area (Å²) >= 11 is 0. The fourth-order valence-corrected chi connectivity index (χ4v) is 1.72.